The third-order valence-electron chi connectivity index (χ3n) is 2.38. The molecule has 0 aliphatic carbocycles. The van der Waals surface area contributed by atoms with Crippen LogP contribution in [0.15, 0.2) is 0 Å². The van der Waals surface area contributed by atoms with Crippen LogP contribution in [-0.2, 0) is 24.0 Å². The van der Waals surface area contributed by atoms with Gasteiger partial charge < -0.3 is 32.5 Å². The quantitative estimate of drug-likeness (QED) is 0.236. The lowest BCUT2D eigenvalue weighted by atomic mass is 10.1. The summed E-state index contributed by atoms with van der Waals surface area (Å²) in [6.45, 7) is -1.33. The molecule has 0 fully saturated rings. The van der Waals surface area contributed by atoms with Crippen LogP contribution in [0.3, 0.4) is 0 Å². The molecule has 22 heavy (non-hydrogen) atoms. The third-order valence-corrected chi connectivity index (χ3v) is 2.38. The summed E-state index contributed by atoms with van der Waals surface area (Å²) in [5, 5.41) is 15.0. The maximum Gasteiger partial charge on any atom is 0.322 e. The number of aliphatic carboxylic acids is 1. The lowest BCUT2D eigenvalue weighted by Gasteiger charge is -2.17. The smallest absolute Gasteiger partial charge is 0.322 e. The summed E-state index contributed by atoms with van der Waals surface area (Å²) in [5.41, 5.74) is 10.0. The van der Waals surface area contributed by atoms with Crippen molar-refractivity contribution < 1.29 is 29.1 Å². The summed E-state index contributed by atoms with van der Waals surface area (Å²) < 4.78 is 0. The van der Waals surface area contributed by atoms with E-state index in [1.54, 1.807) is 0 Å². The summed E-state index contributed by atoms with van der Waals surface area (Å²) >= 11 is 0. The summed E-state index contributed by atoms with van der Waals surface area (Å²) in [6, 6.07) is -1.14. The molecule has 124 valence electrons. The molecule has 4 amide bonds. The third kappa shape index (κ3) is 9.25. The van der Waals surface area contributed by atoms with E-state index in [0.29, 0.717) is 0 Å². The van der Waals surface area contributed by atoms with Crippen LogP contribution in [0, 0.1) is 0 Å². The zero-order chi connectivity index (χ0) is 17.1. The van der Waals surface area contributed by atoms with E-state index >= 15 is 0 Å². The number of carbonyl (C=O) groups excluding carboxylic acids is 4. The summed E-state index contributed by atoms with van der Waals surface area (Å²) in [5.74, 6) is -3.96. The number of hydrogen-bond donors (Lipinski definition) is 6. The molecule has 1 unspecified atom stereocenters. The summed E-state index contributed by atoms with van der Waals surface area (Å²) in [6.07, 6.45) is -0.280. The van der Waals surface area contributed by atoms with Crippen molar-refractivity contribution in [1.82, 2.24) is 16.0 Å². The van der Waals surface area contributed by atoms with Crippen molar-refractivity contribution >= 4 is 29.6 Å². The Kier molecular flexibility index (Phi) is 8.86. The highest BCUT2D eigenvalue weighted by Crippen LogP contribution is 1.97. The highest BCUT2D eigenvalue weighted by molar-refractivity contribution is 5.91. The summed E-state index contributed by atoms with van der Waals surface area (Å²) in [7, 11) is 0. The molecule has 11 nitrogen and oxygen atoms in total. The number of nitrogens with one attached hydrogen (secondary N) is 3. The second-order valence-electron chi connectivity index (χ2n) is 4.22. The molecule has 0 aromatic carbocycles. The minimum absolute atomic E-state index is 0.0998. The normalized spacial score (nSPS) is 11.1. The van der Waals surface area contributed by atoms with Crippen LogP contribution < -0.4 is 27.4 Å². The van der Waals surface area contributed by atoms with Gasteiger partial charge in [-0.15, -0.1) is 0 Å². The largest absolute Gasteiger partial charge is 0.480 e. The first-order valence-corrected chi connectivity index (χ1v) is 6.30. The minimum atomic E-state index is -1.26. The molecule has 0 aliphatic rings. The molecule has 11 heteroatoms. The molecule has 0 spiro atoms. The van der Waals surface area contributed by atoms with Gasteiger partial charge in [0.05, 0.1) is 13.1 Å². The number of nitrogens with two attached hydrogens (primary N) is 2. The molecule has 1 atom stereocenters. The molecule has 0 bridgehead atoms. The Bertz CT molecular complexity index is 452. The Morgan fingerprint density at radius 3 is 2.14 bits per heavy atom. The molecule has 0 aromatic rings. The second-order valence-corrected chi connectivity index (χ2v) is 4.22. The average molecular weight is 317 g/mol. The van der Waals surface area contributed by atoms with E-state index in [1.165, 1.54) is 0 Å². The van der Waals surface area contributed by atoms with Crippen molar-refractivity contribution in [1.29, 1.82) is 0 Å². The van der Waals surface area contributed by atoms with Crippen LogP contribution in [0.5, 0.6) is 0 Å². The van der Waals surface area contributed by atoms with Gasteiger partial charge in [0.2, 0.25) is 23.6 Å². The number of carbonyl (C=O) groups is 5. The minimum Gasteiger partial charge on any atom is -0.480 e. The molecular formula is C11H19N5O6. The van der Waals surface area contributed by atoms with Crippen LogP contribution in [0.1, 0.15) is 12.8 Å². The molecule has 0 saturated carbocycles. The monoisotopic (exact) mass is 317 g/mol. The van der Waals surface area contributed by atoms with Crippen LogP contribution in [0.4, 0.5) is 0 Å². The fraction of sp³-hybridized carbons (Fsp3) is 0.545. The predicted molar refractivity (Wildman–Crippen MR) is 73.1 cm³/mol. The van der Waals surface area contributed by atoms with Gasteiger partial charge in [0.1, 0.15) is 12.6 Å². The maximum atomic E-state index is 11.7. The fourth-order valence-electron chi connectivity index (χ4n) is 1.34. The van der Waals surface area contributed by atoms with Gasteiger partial charge in [-0.2, -0.15) is 0 Å². The van der Waals surface area contributed by atoms with Gasteiger partial charge in [0, 0.05) is 6.42 Å². The van der Waals surface area contributed by atoms with Gasteiger partial charge in [-0.3, -0.25) is 24.0 Å². The molecule has 0 radical (unpaired) electrons. The van der Waals surface area contributed by atoms with Crippen molar-refractivity contribution in [3.8, 4) is 0 Å². The van der Waals surface area contributed by atoms with Gasteiger partial charge in [0.15, 0.2) is 0 Å². The Morgan fingerprint density at radius 1 is 1.00 bits per heavy atom. The van der Waals surface area contributed by atoms with Crippen molar-refractivity contribution in [3.05, 3.63) is 0 Å². The maximum absolute atomic E-state index is 11.7. The Balaban J connectivity index is 4.53. The van der Waals surface area contributed by atoms with Crippen molar-refractivity contribution in [3.63, 3.8) is 0 Å². The molecule has 0 heterocycles. The van der Waals surface area contributed by atoms with Crippen LogP contribution >= 0.6 is 0 Å². The van der Waals surface area contributed by atoms with Gasteiger partial charge >= 0.3 is 5.97 Å². The van der Waals surface area contributed by atoms with Crippen molar-refractivity contribution in [2.45, 2.75) is 18.9 Å². The van der Waals surface area contributed by atoms with E-state index in [0.717, 1.165) is 0 Å². The van der Waals surface area contributed by atoms with E-state index in [1.807, 2.05) is 0 Å². The van der Waals surface area contributed by atoms with Gasteiger partial charge in [0.25, 0.3) is 0 Å². The standard InChI is InChI=1S/C11H19N5O6/c12-3-8(18)14-4-9(19)16-6(1-2-7(13)17)11(22)15-5-10(20)21/h6H,1-5,12H2,(H2,13,17)(H,14,18)(H,15,22)(H,16,19)(H,20,21). The average Bonchev–Trinajstić information content (AvgIpc) is 2.46. The zero-order valence-electron chi connectivity index (χ0n) is 11.8. The number of hydrogen-bond acceptors (Lipinski definition) is 6. The molecular weight excluding hydrogens is 298 g/mol. The Morgan fingerprint density at radius 2 is 1.64 bits per heavy atom. The lowest BCUT2D eigenvalue weighted by molar-refractivity contribution is -0.138. The first-order chi connectivity index (χ1) is 10.3. The van der Waals surface area contributed by atoms with Gasteiger partial charge in [-0.05, 0) is 6.42 Å². The number of carboxylic acids is 1. The number of carboxylic acid groups (broad SMARTS) is 1. The van der Waals surface area contributed by atoms with E-state index in [9.17, 15) is 24.0 Å². The van der Waals surface area contributed by atoms with Crippen LogP contribution in [0.25, 0.3) is 0 Å². The lowest BCUT2D eigenvalue weighted by Crippen LogP contribution is -2.50. The highest BCUT2D eigenvalue weighted by Gasteiger charge is 2.21. The van der Waals surface area contributed by atoms with Crippen molar-refractivity contribution in [2.24, 2.45) is 11.5 Å². The van der Waals surface area contributed by atoms with Crippen molar-refractivity contribution in [2.75, 3.05) is 19.6 Å². The Hall–Kier alpha value is -2.69. The first-order valence-electron chi connectivity index (χ1n) is 6.30. The van der Waals surface area contributed by atoms with E-state index in [4.69, 9.17) is 16.6 Å². The predicted octanol–water partition coefficient (Wildman–Crippen LogP) is -3.99. The second kappa shape index (κ2) is 10.1. The number of rotatable bonds is 10. The zero-order valence-corrected chi connectivity index (χ0v) is 11.8. The topological polar surface area (TPSA) is 194 Å². The van der Waals surface area contributed by atoms with Gasteiger partial charge in [-0.25, -0.2) is 0 Å². The van der Waals surface area contributed by atoms with Crippen LogP contribution in [0.2, 0.25) is 0 Å². The van der Waals surface area contributed by atoms with E-state index in [-0.39, 0.29) is 19.4 Å². The molecule has 0 rings (SSSR count). The Labute approximate surface area is 125 Å². The summed E-state index contributed by atoms with van der Waals surface area (Å²) in [4.78, 5) is 55.4. The first kappa shape index (κ1) is 19.3. The number of primary amides is 1. The molecule has 0 aliphatic heterocycles. The van der Waals surface area contributed by atoms with E-state index in [2.05, 4.69) is 16.0 Å². The van der Waals surface area contributed by atoms with E-state index < -0.39 is 48.7 Å². The SMILES string of the molecule is NCC(=O)NCC(=O)NC(CCC(N)=O)C(=O)NCC(=O)O. The fourth-order valence-corrected chi connectivity index (χ4v) is 1.34. The number of amides is 4. The highest BCUT2D eigenvalue weighted by atomic mass is 16.4. The van der Waals surface area contributed by atoms with Crippen LogP contribution in [-0.4, -0.2) is 60.4 Å². The molecule has 0 aromatic heterocycles. The molecule has 8 N–H and O–H groups in total. The van der Waals surface area contributed by atoms with Gasteiger partial charge in [-0.1, -0.05) is 0 Å². The molecule has 0 saturated heterocycles.